The molecule has 0 radical (unpaired) electrons. The van der Waals surface area contributed by atoms with Crippen LogP contribution >= 0.6 is 0 Å². The molecule has 5 rings (SSSR count). The summed E-state index contributed by atoms with van der Waals surface area (Å²) in [4.78, 5) is 17.2. The predicted octanol–water partition coefficient (Wildman–Crippen LogP) is 2.36. The number of hydrogen-bond acceptors (Lipinski definition) is 4. The second-order valence-electron chi connectivity index (χ2n) is 6.57. The van der Waals surface area contributed by atoms with Crippen molar-refractivity contribution in [1.29, 1.82) is 0 Å². The molecule has 116 valence electrons. The van der Waals surface area contributed by atoms with Crippen molar-refractivity contribution in [2.75, 3.05) is 13.1 Å². The number of nitrogens with zero attached hydrogens (tertiary/aromatic N) is 2. The van der Waals surface area contributed by atoms with Gasteiger partial charge in [-0.15, -0.1) is 0 Å². The number of nitrogens with one attached hydrogen (secondary N) is 1. The molecule has 0 saturated carbocycles. The second-order valence-corrected chi connectivity index (χ2v) is 6.57. The SMILES string of the molecule is O=c1cc(-c2nccc3occc23)cc2n1C[C@@H]1CNC[C@H]2C1. The van der Waals surface area contributed by atoms with Gasteiger partial charge in [0.15, 0.2) is 0 Å². The first-order valence-corrected chi connectivity index (χ1v) is 8.07. The van der Waals surface area contributed by atoms with Crippen LogP contribution in [0.15, 0.2) is 45.9 Å². The Bertz CT molecular complexity index is 956. The molecule has 1 fully saturated rings. The summed E-state index contributed by atoms with van der Waals surface area (Å²) >= 11 is 0. The Morgan fingerprint density at radius 2 is 2.22 bits per heavy atom. The lowest BCUT2D eigenvalue weighted by molar-refractivity contribution is 0.257. The Morgan fingerprint density at radius 1 is 1.26 bits per heavy atom. The largest absolute Gasteiger partial charge is 0.464 e. The Morgan fingerprint density at radius 3 is 3.17 bits per heavy atom. The lowest BCUT2D eigenvalue weighted by Gasteiger charge is -2.37. The third kappa shape index (κ3) is 1.96. The van der Waals surface area contributed by atoms with Gasteiger partial charge in [-0.1, -0.05) is 0 Å². The van der Waals surface area contributed by atoms with Crippen LogP contribution < -0.4 is 10.9 Å². The van der Waals surface area contributed by atoms with Gasteiger partial charge in [-0.25, -0.2) is 0 Å². The summed E-state index contributed by atoms with van der Waals surface area (Å²) in [6.45, 7) is 2.78. The van der Waals surface area contributed by atoms with E-state index in [0.717, 1.165) is 47.6 Å². The molecule has 2 atom stereocenters. The summed E-state index contributed by atoms with van der Waals surface area (Å²) in [5, 5.41) is 4.44. The smallest absolute Gasteiger partial charge is 0.251 e. The molecular weight excluding hydrogens is 290 g/mol. The molecule has 23 heavy (non-hydrogen) atoms. The van der Waals surface area contributed by atoms with Crippen LogP contribution in [0.1, 0.15) is 18.0 Å². The van der Waals surface area contributed by atoms with E-state index in [0.29, 0.717) is 11.8 Å². The molecule has 1 N–H and O–H groups in total. The molecule has 5 heterocycles. The maximum absolute atomic E-state index is 12.7. The molecule has 2 aliphatic heterocycles. The fraction of sp³-hybridized carbons (Fsp3) is 0.333. The van der Waals surface area contributed by atoms with Gasteiger partial charge in [0.1, 0.15) is 5.58 Å². The molecule has 5 nitrogen and oxygen atoms in total. The van der Waals surface area contributed by atoms with E-state index < -0.39 is 0 Å². The van der Waals surface area contributed by atoms with Crippen molar-refractivity contribution in [3.05, 3.63) is 52.8 Å². The molecule has 0 amide bonds. The van der Waals surface area contributed by atoms with E-state index in [9.17, 15) is 4.79 Å². The number of hydrogen-bond donors (Lipinski definition) is 1. The van der Waals surface area contributed by atoms with Crippen LogP contribution in [0.3, 0.4) is 0 Å². The summed E-state index contributed by atoms with van der Waals surface area (Å²) < 4.78 is 7.41. The Balaban J connectivity index is 1.72. The number of rotatable bonds is 1. The lowest BCUT2D eigenvalue weighted by atomic mass is 9.83. The van der Waals surface area contributed by atoms with E-state index in [1.165, 1.54) is 6.42 Å². The molecule has 0 aromatic carbocycles. The van der Waals surface area contributed by atoms with Crippen LogP contribution in [0.5, 0.6) is 0 Å². The average Bonchev–Trinajstić information content (AvgIpc) is 3.04. The van der Waals surface area contributed by atoms with Crippen LogP contribution in [0.4, 0.5) is 0 Å². The number of aromatic nitrogens is 2. The van der Waals surface area contributed by atoms with Gasteiger partial charge in [-0.3, -0.25) is 9.78 Å². The quantitative estimate of drug-likeness (QED) is 0.750. The number of pyridine rings is 2. The minimum Gasteiger partial charge on any atom is -0.464 e. The van der Waals surface area contributed by atoms with Crippen LogP contribution in [0.25, 0.3) is 22.2 Å². The Hall–Kier alpha value is -2.40. The van der Waals surface area contributed by atoms with Gasteiger partial charge in [0, 0.05) is 47.9 Å². The third-order valence-electron chi connectivity index (χ3n) is 5.11. The molecule has 2 bridgehead atoms. The van der Waals surface area contributed by atoms with Crippen LogP contribution in [-0.4, -0.2) is 22.6 Å². The van der Waals surface area contributed by atoms with E-state index in [4.69, 9.17) is 4.42 Å². The average molecular weight is 307 g/mol. The van der Waals surface area contributed by atoms with E-state index in [2.05, 4.69) is 16.4 Å². The zero-order valence-corrected chi connectivity index (χ0v) is 12.7. The molecule has 0 spiro atoms. The maximum Gasteiger partial charge on any atom is 0.251 e. The van der Waals surface area contributed by atoms with E-state index in [1.54, 1.807) is 18.5 Å². The number of piperidine rings is 1. The summed E-state index contributed by atoms with van der Waals surface area (Å²) in [6, 6.07) is 7.61. The molecule has 1 saturated heterocycles. The second kappa shape index (κ2) is 4.80. The minimum absolute atomic E-state index is 0.0800. The zero-order valence-electron chi connectivity index (χ0n) is 12.7. The fourth-order valence-electron chi connectivity index (χ4n) is 4.07. The van der Waals surface area contributed by atoms with Gasteiger partial charge in [0.2, 0.25) is 0 Å². The van der Waals surface area contributed by atoms with Gasteiger partial charge >= 0.3 is 0 Å². The van der Waals surface area contributed by atoms with E-state index in [-0.39, 0.29) is 5.56 Å². The van der Waals surface area contributed by atoms with Crippen LogP contribution in [0, 0.1) is 5.92 Å². The monoisotopic (exact) mass is 307 g/mol. The van der Waals surface area contributed by atoms with Gasteiger partial charge in [0.25, 0.3) is 5.56 Å². The van der Waals surface area contributed by atoms with Gasteiger partial charge < -0.3 is 14.3 Å². The van der Waals surface area contributed by atoms with Crippen molar-refractivity contribution in [3.63, 3.8) is 0 Å². The van der Waals surface area contributed by atoms with Crippen LogP contribution in [0.2, 0.25) is 0 Å². The number of furan rings is 1. The number of fused-ring (bicyclic) bond motifs is 5. The standard InChI is InChI=1S/C18H17N3O2/c22-17-7-12(18-14-2-4-23-16(14)1-3-20-18)6-15-13-5-11(8-19-9-13)10-21(15)17/h1-4,6-7,11,13,19H,5,8-10H2/t11-,13+/m0/s1. The third-order valence-corrected chi connectivity index (χ3v) is 5.11. The first kappa shape index (κ1) is 13.1. The van der Waals surface area contributed by atoms with Crippen LogP contribution in [-0.2, 0) is 6.54 Å². The van der Waals surface area contributed by atoms with Crippen molar-refractivity contribution in [2.24, 2.45) is 5.92 Å². The van der Waals surface area contributed by atoms with Crippen molar-refractivity contribution < 1.29 is 4.42 Å². The highest BCUT2D eigenvalue weighted by Gasteiger charge is 2.31. The lowest BCUT2D eigenvalue weighted by Crippen LogP contribution is -2.44. The van der Waals surface area contributed by atoms with E-state index >= 15 is 0 Å². The zero-order chi connectivity index (χ0) is 15.4. The first-order chi connectivity index (χ1) is 11.3. The highest BCUT2D eigenvalue weighted by molar-refractivity contribution is 5.91. The molecule has 3 aromatic heterocycles. The van der Waals surface area contributed by atoms with Crippen molar-refractivity contribution in [2.45, 2.75) is 18.9 Å². The van der Waals surface area contributed by atoms with Gasteiger partial charge in [0.05, 0.1) is 12.0 Å². The van der Waals surface area contributed by atoms with Gasteiger partial charge in [-0.2, -0.15) is 0 Å². The van der Waals surface area contributed by atoms with Crippen molar-refractivity contribution in [3.8, 4) is 11.3 Å². The maximum atomic E-state index is 12.7. The Labute approximate surface area is 133 Å². The molecule has 3 aromatic rings. The highest BCUT2D eigenvalue weighted by Crippen LogP contribution is 2.34. The normalized spacial score (nSPS) is 23.0. The topological polar surface area (TPSA) is 60.1 Å². The highest BCUT2D eigenvalue weighted by atomic mass is 16.3. The Kier molecular flexibility index (Phi) is 2.73. The molecule has 5 heteroatoms. The predicted molar refractivity (Wildman–Crippen MR) is 87.4 cm³/mol. The summed E-state index contributed by atoms with van der Waals surface area (Å²) in [6.07, 6.45) is 4.56. The summed E-state index contributed by atoms with van der Waals surface area (Å²) in [5.74, 6) is 0.985. The first-order valence-electron chi connectivity index (χ1n) is 8.07. The van der Waals surface area contributed by atoms with Gasteiger partial charge in [-0.05, 0) is 37.1 Å². The molecule has 0 unspecified atom stereocenters. The summed E-state index contributed by atoms with van der Waals surface area (Å²) in [7, 11) is 0. The molecular formula is C18H17N3O2. The van der Waals surface area contributed by atoms with Crippen molar-refractivity contribution >= 4 is 11.0 Å². The van der Waals surface area contributed by atoms with Crippen molar-refractivity contribution in [1.82, 2.24) is 14.9 Å². The summed E-state index contributed by atoms with van der Waals surface area (Å²) in [5.41, 5.74) is 3.72. The molecule has 0 aliphatic carbocycles. The fourth-order valence-corrected chi connectivity index (χ4v) is 4.07. The van der Waals surface area contributed by atoms with E-state index in [1.807, 2.05) is 16.7 Å². The minimum atomic E-state index is 0.0800. The molecule has 2 aliphatic rings.